The van der Waals surface area contributed by atoms with E-state index in [1.54, 1.807) is 17.9 Å². The van der Waals surface area contributed by atoms with Crippen molar-refractivity contribution in [2.24, 2.45) is 0 Å². The maximum atomic E-state index is 16.4. The number of halogens is 2. The molecule has 7 aromatic rings. The van der Waals surface area contributed by atoms with E-state index in [9.17, 15) is 18.0 Å². The Labute approximate surface area is 317 Å². The lowest BCUT2D eigenvalue weighted by molar-refractivity contribution is -0.131. The first-order chi connectivity index (χ1) is 27.0. The Morgan fingerprint density at radius 2 is 1.86 bits per heavy atom. The van der Waals surface area contributed by atoms with Crippen LogP contribution in [0.3, 0.4) is 0 Å². The molecule has 1 N–H and O–H groups in total. The Hall–Kier alpha value is -6.37. The quantitative estimate of drug-likeness (QED) is 0.213. The van der Waals surface area contributed by atoms with Crippen molar-refractivity contribution in [1.82, 2.24) is 43.4 Å². The van der Waals surface area contributed by atoms with Crippen molar-refractivity contribution in [1.29, 1.82) is 0 Å². The third-order valence-electron chi connectivity index (χ3n) is 9.79. The lowest BCUT2D eigenvalue weighted by atomic mass is 10.1. The van der Waals surface area contributed by atoms with Crippen LogP contribution in [0, 0.1) is 11.6 Å². The SMILES string of the molecule is CCC(=O)N1CCN(c2nc(=O)n3c4nc(c(F)cc24)c2c(F)cccc2oc2ccnc(C(C)C)c23)C(CCNc2cc(S(=O)(=O)n3cncn3)ccn2)C1. The van der Waals surface area contributed by atoms with Crippen molar-refractivity contribution in [2.45, 2.75) is 50.5 Å². The molecule has 0 aliphatic carbocycles. The molecule has 1 saturated heterocycles. The molecule has 288 valence electrons. The summed E-state index contributed by atoms with van der Waals surface area (Å²) in [7, 11) is -4.01. The molecular formula is C37H35F2N11O5S. The van der Waals surface area contributed by atoms with Crippen LogP contribution in [0.15, 0.2) is 81.6 Å². The van der Waals surface area contributed by atoms with Gasteiger partial charge in [0.15, 0.2) is 17.0 Å². The largest absolute Gasteiger partial charge is 0.454 e. The maximum Gasteiger partial charge on any atom is 0.356 e. The highest BCUT2D eigenvalue weighted by Gasteiger charge is 2.32. The van der Waals surface area contributed by atoms with Crippen LogP contribution in [0.5, 0.6) is 0 Å². The number of amides is 1. The molecule has 2 bridgehead atoms. The van der Waals surface area contributed by atoms with Gasteiger partial charge in [0, 0.05) is 63.2 Å². The van der Waals surface area contributed by atoms with Crippen LogP contribution in [0.4, 0.5) is 20.4 Å². The molecule has 56 heavy (non-hydrogen) atoms. The third kappa shape index (κ3) is 6.36. The minimum absolute atomic E-state index is 0.00671. The summed E-state index contributed by atoms with van der Waals surface area (Å²) in [6.45, 7) is 6.61. The zero-order chi connectivity index (χ0) is 39.3. The molecule has 6 aromatic heterocycles. The van der Waals surface area contributed by atoms with Crippen LogP contribution in [-0.2, 0) is 14.8 Å². The number of nitrogens with one attached hydrogen (secondary N) is 1. The van der Waals surface area contributed by atoms with Crippen molar-refractivity contribution in [3.63, 3.8) is 0 Å². The summed E-state index contributed by atoms with van der Waals surface area (Å²) >= 11 is 0. The predicted octanol–water partition coefficient (Wildman–Crippen LogP) is 4.65. The first kappa shape index (κ1) is 36.6. The molecule has 7 heterocycles. The molecule has 0 radical (unpaired) electrons. The smallest absolute Gasteiger partial charge is 0.356 e. The van der Waals surface area contributed by atoms with Gasteiger partial charge >= 0.3 is 5.69 Å². The molecule has 1 aromatic carbocycles. The number of fused-ring (bicyclic) bond motifs is 5. The van der Waals surface area contributed by atoms with Gasteiger partial charge in [0.1, 0.15) is 46.7 Å². The molecule has 19 heteroatoms. The van der Waals surface area contributed by atoms with Crippen LogP contribution in [0.1, 0.15) is 45.2 Å². The molecule has 1 atom stereocenters. The fourth-order valence-electron chi connectivity index (χ4n) is 7.12. The lowest BCUT2D eigenvalue weighted by Gasteiger charge is -2.42. The van der Waals surface area contributed by atoms with Gasteiger partial charge in [-0.3, -0.25) is 9.78 Å². The van der Waals surface area contributed by atoms with Gasteiger partial charge in [-0.2, -0.15) is 13.4 Å². The Balaban J connectivity index is 1.26. The van der Waals surface area contributed by atoms with Crippen LogP contribution in [0.2, 0.25) is 0 Å². The van der Waals surface area contributed by atoms with E-state index < -0.39 is 33.4 Å². The summed E-state index contributed by atoms with van der Waals surface area (Å²) in [5, 5.41) is 6.87. The van der Waals surface area contributed by atoms with Gasteiger partial charge in [0.25, 0.3) is 10.0 Å². The van der Waals surface area contributed by atoms with E-state index >= 15 is 8.78 Å². The van der Waals surface area contributed by atoms with Crippen LogP contribution < -0.4 is 15.9 Å². The normalized spacial score (nSPS) is 15.1. The fourth-order valence-corrected chi connectivity index (χ4v) is 8.17. The number of carbonyl (C=O) groups is 1. The standard InChI is InChI=1S/C37H35F2N11O5S/c1-4-30(51)47-14-15-48(22(18-47)8-11-41-29-16-23(9-12-42-29)56(53,54)49-20-40-19-44-49)35-24-17-26(39)33-31-25(38)6-5-7-27(31)55-28-10-13-43-32(21(2)3)34(28)50(36(24)45-33)37(52)46-35/h5-7,9-10,12-13,16-17,19-22H,4,8,11,14-15,18H2,1-3H3,(H,41,42). The van der Waals surface area contributed by atoms with Gasteiger partial charge < -0.3 is 19.5 Å². The van der Waals surface area contributed by atoms with Crippen molar-refractivity contribution in [3.05, 3.63) is 95.3 Å². The second-order valence-electron chi connectivity index (χ2n) is 13.6. The van der Waals surface area contributed by atoms with Gasteiger partial charge in [-0.1, -0.05) is 26.8 Å². The number of benzene rings is 1. The Bertz CT molecular complexity index is 2860. The highest BCUT2D eigenvalue weighted by Crippen LogP contribution is 2.34. The molecule has 1 aliphatic rings. The second kappa shape index (κ2) is 14.4. The number of nitrogens with zero attached hydrogens (tertiary/aromatic N) is 10. The monoisotopic (exact) mass is 783 g/mol. The van der Waals surface area contributed by atoms with E-state index in [1.165, 1.54) is 53.2 Å². The molecule has 8 rings (SSSR count). The summed E-state index contributed by atoms with van der Waals surface area (Å²) in [5.74, 6) is -1.49. The van der Waals surface area contributed by atoms with E-state index in [4.69, 9.17) is 4.42 Å². The highest BCUT2D eigenvalue weighted by atomic mass is 32.2. The molecule has 16 nitrogen and oxygen atoms in total. The molecular weight excluding hydrogens is 749 g/mol. The van der Waals surface area contributed by atoms with Crippen LogP contribution in [0.25, 0.3) is 38.6 Å². The Kier molecular flexibility index (Phi) is 9.39. The van der Waals surface area contributed by atoms with Gasteiger partial charge in [-0.15, -0.1) is 9.19 Å². The average molecular weight is 784 g/mol. The number of pyridine rings is 3. The summed E-state index contributed by atoms with van der Waals surface area (Å²) < 4.78 is 66.3. The second-order valence-corrected chi connectivity index (χ2v) is 15.4. The van der Waals surface area contributed by atoms with Crippen molar-refractivity contribution < 1.29 is 26.4 Å². The summed E-state index contributed by atoms with van der Waals surface area (Å²) in [4.78, 5) is 52.6. The average Bonchev–Trinajstić information content (AvgIpc) is 3.76. The zero-order valence-electron chi connectivity index (χ0n) is 30.4. The summed E-state index contributed by atoms with van der Waals surface area (Å²) in [5.41, 5.74) is -0.155. The topological polar surface area (TPSA) is 187 Å². The Morgan fingerprint density at radius 3 is 2.62 bits per heavy atom. The number of hydrogen-bond acceptors (Lipinski definition) is 13. The maximum absolute atomic E-state index is 16.4. The molecule has 0 spiro atoms. The first-order valence-corrected chi connectivity index (χ1v) is 19.3. The molecule has 1 aliphatic heterocycles. The highest BCUT2D eigenvalue weighted by molar-refractivity contribution is 7.89. The summed E-state index contributed by atoms with van der Waals surface area (Å²) in [6.07, 6.45) is 5.71. The van der Waals surface area contributed by atoms with E-state index in [2.05, 4.69) is 35.3 Å². The van der Waals surface area contributed by atoms with Gasteiger partial charge in [0.05, 0.1) is 21.4 Å². The molecule has 1 fully saturated rings. The molecule has 0 saturated carbocycles. The fraction of sp³-hybridized carbons (Fsp3) is 0.297. The minimum atomic E-state index is -4.01. The Morgan fingerprint density at radius 1 is 1.04 bits per heavy atom. The summed E-state index contributed by atoms with van der Waals surface area (Å²) in [6, 6.07) is 9.13. The van der Waals surface area contributed by atoms with Crippen molar-refractivity contribution in [2.75, 3.05) is 36.4 Å². The predicted molar refractivity (Wildman–Crippen MR) is 203 cm³/mol. The van der Waals surface area contributed by atoms with Crippen molar-refractivity contribution >= 4 is 66.2 Å². The van der Waals surface area contributed by atoms with Gasteiger partial charge in [0.2, 0.25) is 5.91 Å². The number of hydrogen-bond donors (Lipinski definition) is 1. The molecule has 1 amide bonds. The third-order valence-corrected chi connectivity index (χ3v) is 11.3. The van der Waals surface area contributed by atoms with Crippen molar-refractivity contribution in [3.8, 4) is 0 Å². The van der Waals surface area contributed by atoms with Crippen LogP contribution >= 0.6 is 0 Å². The van der Waals surface area contributed by atoms with E-state index in [-0.39, 0.29) is 93.0 Å². The van der Waals surface area contributed by atoms with Gasteiger partial charge in [-0.05, 0) is 36.6 Å². The molecule has 1 unspecified atom stereocenters. The number of piperazine rings is 1. The zero-order valence-corrected chi connectivity index (χ0v) is 31.2. The number of aromatic nitrogens is 8. The van der Waals surface area contributed by atoms with Crippen LogP contribution in [-0.4, -0.2) is 90.0 Å². The van der Waals surface area contributed by atoms with Gasteiger partial charge in [-0.25, -0.2) is 32.9 Å². The minimum Gasteiger partial charge on any atom is -0.454 e. The number of carbonyl (C=O) groups excluding carboxylic acids is 1. The van der Waals surface area contributed by atoms with E-state index in [1.807, 2.05) is 18.7 Å². The first-order valence-electron chi connectivity index (χ1n) is 17.9. The number of anilines is 2. The lowest BCUT2D eigenvalue weighted by Crippen LogP contribution is -2.56. The van der Waals surface area contributed by atoms with E-state index in [0.29, 0.717) is 18.7 Å². The van der Waals surface area contributed by atoms with E-state index in [0.717, 1.165) is 16.7 Å². The number of rotatable bonds is 9.